The third-order valence-electron chi connectivity index (χ3n) is 3.12. The number of rotatable bonds is 4. The Kier molecular flexibility index (Phi) is 3.69. The fraction of sp³-hybridized carbons (Fsp3) is 0.385. The lowest BCUT2D eigenvalue weighted by atomic mass is 10.1. The topological polar surface area (TPSA) is 97.1 Å². The number of pyridine rings is 1. The molecule has 7 heteroatoms. The number of hydrogen-bond acceptors (Lipinski definition) is 4. The minimum atomic E-state index is -0.943. The zero-order valence-electron chi connectivity index (χ0n) is 11.5. The second-order valence-electron chi connectivity index (χ2n) is 4.75. The van der Waals surface area contributed by atoms with Gasteiger partial charge in [0.15, 0.2) is 5.65 Å². The van der Waals surface area contributed by atoms with Crippen molar-refractivity contribution in [2.24, 2.45) is 13.0 Å². The lowest BCUT2D eigenvalue weighted by Gasteiger charge is -2.08. The molecule has 0 aliphatic rings. The highest BCUT2D eigenvalue weighted by molar-refractivity contribution is 5.97. The number of carboxylic acid groups (broad SMARTS) is 1. The summed E-state index contributed by atoms with van der Waals surface area (Å²) in [5.74, 6) is -1.91. The molecule has 1 atom stereocenters. The second-order valence-corrected chi connectivity index (χ2v) is 4.75. The summed E-state index contributed by atoms with van der Waals surface area (Å²) in [5.41, 5.74) is 1.90. The zero-order chi connectivity index (χ0) is 14.9. The Morgan fingerprint density at radius 2 is 2.20 bits per heavy atom. The van der Waals surface area contributed by atoms with E-state index in [2.05, 4.69) is 15.4 Å². The minimum absolute atomic E-state index is 0.0816. The van der Waals surface area contributed by atoms with Crippen LogP contribution >= 0.6 is 0 Å². The number of aryl methyl sites for hydroxylation is 2. The summed E-state index contributed by atoms with van der Waals surface area (Å²) in [5, 5.41) is 16.4. The van der Waals surface area contributed by atoms with Crippen LogP contribution in [0.3, 0.4) is 0 Å². The van der Waals surface area contributed by atoms with Gasteiger partial charge in [0.2, 0.25) is 0 Å². The standard InChI is InChI=1S/C13H16N4O3/c1-7(13(19)20)5-15-12(18)9-4-10-8(2)16-17(3)11(10)14-6-9/h4,6-7H,5H2,1-3H3,(H,15,18)(H,19,20). The molecule has 1 unspecified atom stereocenters. The number of amides is 1. The molecule has 2 heterocycles. The maximum atomic E-state index is 12.0. The fourth-order valence-corrected chi connectivity index (χ4v) is 1.87. The van der Waals surface area contributed by atoms with E-state index in [-0.39, 0.29) is 12.5 Å². The molecule has 0 saturated heterocycles. The summed E-state index contributed by atoms with van der Waals surface area (Å²) >= 11 is 0. The van der Waals surface area contributed by atoms with Gasteiger partial charge in [-0.25, -0.2) is 4.98 Å². The summed E-state index contributed by atoms with van der Waals surface area (Å²) in [7, 11) is 1.79. The summed E-state index contributed by atoms with van der Waals surface area (Å²) in [6.07, 6.45) is 1.46. The van der Waals surface area contributed by atoms with E-state index in [1.807, 2.05) is 6.92 Å². The van der Waals surface area contributed by atoms with Gasteiger partial charge in [0, 0.05) is 25.2 Å². The highest BCUT2D eigenvalue weighted by Gasteiger charge is 2.15. The molecule has 0 aliphatic heterocycles. The molecule has 7 nitrogen and oxygen atoms in total. The largest absolute Gasteiger partial charge is 0.481 e. The smallest absolute Gasteiger partial charge is 0.308 e. The number of nitrogens with zero attached hydrogens (tertiary/aromatic N) is 3. The predicted molar refractivity (Wildman–Crippen MR) is 72.4 cm³/mol. The molecular formula is C13H16N4O3. The first-order chi connectivity index (χ1) is 9.40. The van der Waals surface area contributed by atoms with Gasteiger partial charge in [-0.3, -0.25) is 14.3 Å². The number of aliphatic carboxylic acids is 1. The molecule has 106 valence electrons. The lowest BCUT2D eigenvalue weighted by Crippen LogP contribution is -2.31. The van der Waals surface area contributed by atoms with Crippen molar-refractivity contribution in [3.8, 4) is 0 Å². The number of fused-ring (bicyclic) bond motifs is 1. The first kappa shape index (κ1) is 14.0. The van der Waals surface area contributed by atoms with E-state index in [1.54, 1.807) is 17.8 Å². The molecule has 20 heavy (non-hydrogen) atoms. The maximum Gasteiger partial charge on any atom is 0.308 e. The molecule has 1 amide bonds. The second kappa shape index (κ2) is 5.28. The van der Waals surface area contributed by atoms with Gasteiger partial charge in [-0.2, -0.15) is 5.10 Å². The Hall–Kier alpha value is -2.44. The summed E-state index contributed by atoms with van der Waals surface area (Å²) in [4.78, 5) is 26.9. The van der Waals surface area contributed by atoms with Gasteiger partial charge in [0.25, 0.3) is 5.91 Å². The molecule has 0 aliphatic carbocycles. The highest BCUT2D eigenvalue weighted by atomic mass is 16.4. The first-order valence-corrected chi connectivity index (χ1v) is 6.20. The van der Waals surface area contributed by atoms with E-state index in [0.29, 0.717) is 11.2 Å². The Morgan fingerprint density at radius 1 is 1.50 bits per heavy atom. The first-order valence-electron chi connectivity index (χ1n) is 6.20. The van der Waals surface area contributed by atoms with Crippen molar-refractivity contribution in [1.82, 2.24) is 20.1 Å². The van der Waals surface area contributed by atoms with Crippen LogP contribution in [0.4, 0.5) is 0 Å². The van der Waals surface area contributed by atoms with Crippen molar-refractivity contribution in [2.75, 3.05) is 6.54 Å². The number of nitrogens with one attached hydrogen (secondary N) is 1. The zero-order valence-corrected chi connectivity index (χ0v) is 11.5. The summed E-state index contributed by atoms with van der Waals surface area (Å²) in [6.45, 7) is 3.46. The van der Waals surface area contributed by atoms with E-state index in [0.717, 1.165) is 11.1 Å². The monoisotopic (exact) mass is 276 g/mol. The molecule has 0 aromatic carbocycles. The van der Waals surface area contributed by atoms with Crippen LogP contribution in [0.2, 0.25) is 0 Å². The van der Waals surface area contributed by atoms with E-state index in [1.165, 1.54) is 13.1 Å². The van der Waals surface area contributed by atoms with Crippen molar-refractivity contribution in [3.05, 3.63) is 23.5 Å². The summed E-state index contributed by atoms with van der Waals surface area (Å²) in [6, 6.07) is 1.71. The van der Waals surface area contributed by atoms with Gasteiger partial charge < -0.3 is 10.4 Å². The molecule has 2 aromatic heterocycles. The van der Waals surface area contributed by atoms with Crippen molar-refractivity contribution < 1.29 is 14.7 Å². The number of carbonyl (C=O) groups excluding carboxylic acids is 1. The average Bonchev–Trinajstić information content (AvgIpc) is 2.70. The molecule has 0 spiro atoms. The number of carbonyl (C=O) groups is 2. The normalized spacial score (nSPS) is 12.3. The van der Waals surface area contributed by atoms with Crippen LogP contribution in [0, 0.1) is 12.8 Å². The Labute approximate surface area is 115 Å². The number of carboxylic acids is 1. The van der Waals surface area contributed by atoms with Gasteiger partial charge in [0.05, 0.1) is 17.2 Å². The Morgan fingerprint density at radius 3 is 2.85 bits per heavy atom. The van der Waals surface area contributed by atoms with Gasteiger partial charge in [-0.15, -0.1) is 0 Å². The van der Waals surface area contributed by atoms with Gasteiger partial charge in [-0.1, -0.05) is 6.92 Å². The van der Waals surface area contributed by atoms with E-state index in [9.17, 15) is 9.59 Å². The Bertz CT molecular complexity index is 678. The molecule has 0 radical (unpaired) electrons. The quantitative estimate of drug-likeness (QED) is 0.858. The van der Waals surface area contributed by atoms with Crippen LogP contribution in [0.1, 0.15) is 23.0 Å². The van der Waals surface area contributed by atoms with E-state index >= 15 is 0 Å². The molecule has 2 aromatic rings. The van der Waals surface area contributed by atoms with E-state index < -0.39 is 11.9 Å². The third-order valence-corrected chi connectivity index (χ3v) is 3.12. The van der Waals surface area contributed by atoms with Crippen LogP contribution in [0.15, 0.2) is 12.3 Å². The maximum absolute atomic E-state index is 12.0. The molecule has 2 N–H and O–H groups in total. The third kappa shape index (κ3) is 2.61. The van der Waals surface area contributed by atoms with Gasteiger partial charge in [0.1, 0.15) is 0 Å². The van der Waals surface area contributed by atoms with Crippen molar-refractivity contribution in [3.63, 3.8) is 0 Å². The summed E-state index contributed by atoms with van der Waals surface area (Å²) < 4.78 is 1.65. The van der Waals surface area contributed by atoms with Crippen LogP contribution in [0.25, 0.3) is 11.0 Å². The van der Waals surface area contributed by atoms with Crippen LogP contribution < -0.4 is 5.32 Å². The van der Waals surface area contributed by atoms with Crippen LogP contribution in [0.5, 0.6) is 0 Å². The number of aromatic nitrogens is 3. The van der Waals surface area contributed by atoms with Gasteiger partial charge in [-0.05, 0) is 13.0 Å². The molecule has 0 saturated carbocycles. The molecular weight excluding hydrogens is 260 g/mol. The molecule has 2 rings (SSSR count). The van der Waals surface area contributed by atoms with Crippen molar-refractivity contribution in [2.45, 2.75) is 13.8 Å². The fourth-order valence-electron chi connectivity index (χ4n) is 1.87. The number of hydrogen-bond donors (Lipinski definition) is 2. The predicted octanol–water partition coefficient (Wildman–Crippen LogP) is 0.727. The molecule has 0 fully saturated rings. The highest BCUT2D eigenvalue weighted by Crippen LogP contribution is 2.16. The van der Waals surface area contributed by atoms with Crippen molar-refractivity contribution in [1.29, 1.82) is 0 Å². The van der Waals surface area contributed by atoms with E-state index in [4.69, 9.17) is 5.11 Å². The lowest BCUT2D eigenvalue weighted by molar-refractivity contribution is -0.140. The van der Waals surface area contributed by atoms with Crippen LogP contribution in [-0.4, -0.2) is 38.3 Å². The SMILES string of the molecule is Cc1nn(C)c2ncc(C(=O)NCC(C)C(=O)O)cc12. The molecule has 0 bridgehead atoms. The Balaban J connectivity index is 2.18. The van der Waals surface area contributed by atoms with Gasteiger partial charge >= 0.3 is 5.97 Å². The van der Waals surface area contributed by atoms with Crippen LogP contribution in [-0.2, 0) is 11.8 Å². The average molecular weight is 276 g/mol. The minimum Gasteiger partial charge on any atom is -0.481 e. The van der Waals surface area contributed by atoms with Crippen molar-refractivity contribution >= 4 is 22.9 Å².